The molecule has 0 radical (unpaired) electrons. The number of carbonyl (C=O) groups excluding carboxylic acids is 1. The van der Waals surface area contributed by atoms with Crippen LogP contribution in [0, 0.1) is 0 Å². The number of ether oxygens (including phenoxy) is 2. The van der Waals surface area contributed by atoms with Gasteiger partial charge in [0.1, 0.15) is 11.5 Å². The molecule has 3 aromatic rings. The number of piperazine rings is 1. The molecule has 0 saturated carbocycles. The molecule has 1 amide bonds. The van der Waals surface area contributed by atoms with Gasteiger partial charge in [0, 0.05) is 31.7 Å². The van der Waals surface area contributed by atoms with Crippen LogP contribution >= 0.6 is 0 Å². The Balaban J connectivity index is 1.26. The lowest BCUT2D eigenvalue weighted by molar-refractivity contribution is -0.133. The summed E-state index contributed by atoms with van der Waals surface area (Å²) in [6, 6.07) is 19.6. The highest BCUT2D eigenvalue weighted by Crippen LogP contribution is 2.22. The van der Waals surface area contributed by atoms with E-state index in [-0.39, 0.29) is 12.5 Å². The number of methoxy groups -OCH3 is 1. The Morgan fingerprint density at radius 3 is 2.12 bits per heavy atom. The number of amides is 1. The van der Waals surface area contributed by atoms with Crippen LogP contribution in [-0.4, -0.2) is 60.9 Å². The van der Waals surface area contributed by atoms with E-state index >= 15 is 0 Å². The molecule has 2 heterocycles. The molecule has 172 valence electrons. The van der Waals surface area contributed by atoms with Crippen molar-refractivity contribution in [3.05, 3.63) is 66.2 Å². The second-order valence-electron chi connectivity index (χ2n) is 8.39. The van der Waals surface area contributed by atoms with Crippen LogP contribution in [0.15, 0.2) is 60.7 Å². The molecule has 2 aromatic carbocycles. The fraction of sp³-hybridized carbons (Fsp3) is 0.346. The quantitative estimate of drug-likeness (QED) is 0.546. The highest BCUT2D eigenvalue weighted by Gasteiger charge is 2.22. The topological polar surface area (TPSA) is 67.8 Å². The summed E-state index contributed by atoms with van der Waals surface area (Å²) in [6.07, 6.45) is 0. The van der Waals surface area contributed by atoms with Gasteiger partial charge in [-0.25, -0.2) is 0 Å². The minimum absolute atomic E-state index is 0.00326. The van der Waals surface area contributed by atoms with Crippen LogP contribution in [0.25, 0.3) is 11.3 Å². The summed E-state index contributed by atoms with van der Waals surface area (Å²) < 4.78 is 10.9. The van der Waals surface area contributed by atoms with Gasteiger partial charge in [0.15, 0.2) is 12.4 Å². The number of rotatable bonds is 7. The van der Waals surface area contributed by atoms with E-state index in [4.69, 9.17) is 9.47 Å². The van der Waals surface area contributed by atoms with Crippen LogP contribution in [-0.2, 0) is 4.79 Å². The minimum Gasteiger partial charge on any atom is -0.497 e. The van der Waals surface area contributed by atoms with Crippen LogP contribution in [0.4, 0.5) is 5.82 Å². The molecule has 4 rings (SSSR count). The summed E-state index contributed by atoms with van der Waals surface area (Å²) in [7, 11) is 1.65. The van der Waals surface area contributed by atoms with Crippen molar-refractivity contribution < 1.29 is 14.3 Å². The molecule has 1 aliphatic heterocycles. The SMILES string of the molecule is COc1ccc(-c2ccc(N3CCN(C(=O)COc4ccc(C(C)C)cc4)CC3)nn2)cc1. The molecular weight excluding hydrogens is 416 g/mol. The first-order chi connectivity index (χ1) is 16.0. The predicted octanol–water partition coefficient (Wildman–Crippen LogP) is 4.00. The summed E-state index contributed by atoms with van der Waals surface area (Å²) in [5.74, 6) is 2.83. The lowest BCUT2D eigenvalue weighted by atomic mass is 10.0. The Morgan fingerprint density at radius 1 is 0.879 bits per heavy atom. The van der Waals surface area contributed by atoms with Crippen LogP contribution in [0.2, 0.25) is 0 Å². The molecular formula is C26H30N4O3. The summed E-state index contributed by atoms with van der Waals surface area (Å²) >= 11 is 0. The van der Waals surface area contributed by atoms with Crippen molar-refractivity contribution in [1.29, 1.82) is 0 Å². The lowest BCUT2D eigenvalue weighted by Crippen LogP contribution is -2.50. The average Bonchev–Trinajstić information content (AvgIpc) is 2.88. The van der Waals surface area contributed by atoms with Gasteiger partial charge in [-0.2, -0.15) is 0 Å². The van der Waals surface area contributed by atoms with Crippen LogP contribution in [0.3, 0.4) is 0 Å². The fourth-order valence-electron chi connectivity index (χ4n) is 3.78. The molecule has 0 aliphatic carbocycles. The van der Waals surface area contributed by atoms with Gasteiger partial charge in [0.05, 0.1) is 12.8 Å². The molecule has 1 fully saturated rings. The van der Waals surface area contributed by atoms with Gasteiger partial charge < -0.3 is 19.3 Å². The third-order valence-electron chi connectivity index (χ3n) is 5.90. The summed E-state index contributed by atoms with van der Waals surface area (Å²) in [5.41, 5.74) is 3.06. The first-order valence-corrected chi connectivity index (χ1v) is 11.3. The van der Waals surface area contributed by atoms with Gasteiger partial charge in [-0.15, -0.1) is 10.2 Å². The minimum atomic E-state index is 0.00326. The van der Waals surface area contributed by atoms with E-state index in [9.17, 15) is 4.79 Å². The van der Waals surface area contributed by atoms with E-state index in [0.29, 0.717) is 32.1 Å². The Hall–Kier alpha value is -3.61. The number of carbonyl (C=O) groups is 1. The van der Waals surface area contributed by atoms with Crippen LogP contribution < -0.4 is 14.4 Å². The van der Waals surface area contributed by atoms with Crippen molar-refractivity contribution in [2.75, 3.05) is 44.8 Å². The first kappa shape index (κ1) is 22.6. The number of hydrogen-bond donors (Lipinski definition) is 0. The van der Waals surface area contributed by atoms with Crippen molar-refractivity contribution in [2.24, 2.45) is 0 Å². The van der Waals surface area contributed by atoms with Gasteiger partial charge in [0.2, 0.25) is 0 Å². The molecule has 1 saturated heterocycles. The Labute approximate surface area is 195 Å². The normalized spacial score (nSPS) is 13.8. The number of nitrogens with zero attached hydrogens (tertiary/aromatic N) is 4. The average molecular weight is 447 g/mol. The standard InChI is InChI=1S/C26H30N4O3/c1-19(2)20-4-10-23(11-5-20)33-18-26(31)30-16-14-29(15-17-30)25-13-12-24(27-28-25)21-6-8-22(32-3)9-7-21/h4-13,19H,14-18H2,1-3H3. The molecule has 0 N–H and O–H groups in total. The van der Waals surface area contributed by atoms with Crippen molar-refractivity contribution >= 4 is 11.7 Å². The van der Waals surface area contributed by atoms with Gasteiger partial charge in [-0.3, -0.25) is 4.79 Å². The zero-order valence-electron chi connectivity index (χ0n) is 19.4. The van der Waals surface area contributed by atoms with Crippen molar-refractivity contribution in [2.45, 2.75) is 19.8 Å². The molecule has 7 heteroatoms. The number of aromatic nitrogens is 2. The highest BCUT2D eigenvalue weighted by molar-refractivity contribution is 5.78. The summed E-state index contributed by atoms with van der Waals surface area (Å²) in [5, 5.41) is 8.78. The van der Waals surface area contributed by atoms with Crippen LogP contribution in [0.5, 0.6) is 11.5 Å². The number of benzene rings is 2. The number of hydrogen-bond acceptors (Lipinski definition) is 6. The van der Waals surface area contributed by atoms with E-state index in [1.54, 1.807) is 7.11 Å². The van der Waals surface area contributed by atoms with E-state index in [2.05, 4.69) is 28.9 Å². The van der Waals surface area contributed by atoms with Crippen molar-refractivity contribution in [3.8, 4) is 22.8 Å². The number of anilines is 1. The first-order valence-electron chi connectivity index (χ1n) is 11.3. The van der Waals surface area contributed by atoms with Gasteiger partial charge in [-0.1, -0.05) is 26.0 Å². The zero-order chi connectivity index (χ0) is 23.2. The molecule has 0 bridgehead atoms. The zero-order valence-corrected chi connectivity index (χ0v) is 19.4. The lowest BCUT2D eigenvalue weighted by Gasteiger charge is -2.35. The molecule has 33 heavy (non-hydrogen) atoms. The molecule has 0 spiro atoms. The largest absolute Gasteiger partial charge is 0.497 e. The monoisotopic (exact) mass is 446 g/mol. The predicted molar refractivity (Wildman–Crippen MR) is 129 cm³/mol. The van der Waals surface area contributed by atoms with Gasteiger partial charge >= 0.3 is 0 Å². The van der Waals surface area contributed by atoms with Gasteiger partial charge in [-0.05, 0) is 60.0 Å². The van der Waals surface area contributed by atoms with E-state index in [0.717, 1.165) is 28.6 Å². The smallest absolute Gasteiger partial charge is 0.260 e. The maximum atomic E-state index is 12.6. The molecule has 7 nitrogen and oxygen atoms in total. The summed E-state index contributed by atoms with van der Waals surface area (Å²) in [6.45, 7) is 7.06. The maximum absolute atomic E-state index is 12.6. The highest BCUT2D eigenvalue weighted by atomic mass is 16.5. The summed E-state index contributed by atoms with van der Waals surface area (Å²) in [4.78, 5) is 16.6. The van der Waals surface area contributed by atoms with E-state index < -0.39 is 0 Å². The third kappa shape index (κ3) is 5.61. The second kappa shape index (κ2) is 10.3. The van der Waals surface area contributed by atoms with Crippen molar-refractivity contribution in [1.82, 2.24) is 15.1 Å². The Morgan fingerprint density at radius 2 is 1.55 bits per heavy atom. The molecule has 0 atom stereocenters. The second-order valence-corrected chi connectivity index (χ2v) is 8.39. The van der Waals surface area contributed by atoms with Crippen LogP contribution in [0.1, 0.15) is 25.3 Å². The van der Waals surface area contributed by atoms with Crippen molar-refractivity contribution in [3.63, 3.8) is 0 Å². The molecule has 1 aromatic heterocycles. The molecule has 1 aliphatic rings. The third-order valence-corrected chi connectivity index (χ3v) is 5.90. The Kier molecular flexibility index (Phi) is 7.07. The maximum Gasteiger partial charge on any atom is 0.260 e. The van der Waals surface area contributed by atoms with Gasteiger partial charge in [0.25, 0.3) is 5.91 Å². The van der Waals surface area contributed by atoms with E-state index in [1.165, 1.54) is 5.56 Å². The van der Waals surface area contributed by atoms with E-state index in [1.807, 2.05) is 65.6 Å². The fourth-order valence-corrected chi connectivity index (χ4v) is 3.78. The molecule has 0 unspecified atom stereocenters. The Bertz CT molecular complexity index is 1040.